The second-order valence-electron chi connectivity index (χ2n) is 4.71. The summed E-state index contributed by atoms with van der Waals surface area (Å²) < 4.78 is 0. The van der Waals surface area contributed by atoms with Crippen LogP contribution in [0.15, 0.2) is 36.0 Å². The van der Waals surface area contributed by atoms with Crippen LogP contribution in [0.5, 0.6) is 0 Å². The number of thiazole rings is 1. The molecule has 6 heteroatoms. The van der Waals surface area contributed by atoms with Crippen LogP contribution in [-0.2, 0) is 11.3 Å². The summed E-state index contributed by atoms with van der Waals surface area (Å²) in [5.74, 6) is -0.0513. The van der Waals surface area contributed by atoms with Crippen LogP contribution in [-0.4, -0.2) is 33.4 Å². The number of nitrogens with zero attached hydrogens (tertiary/aromatic N) is 3. The van der Waals surface area contributed by atoms with E-state index >= 15 is 0 Å². The minimum absolute atomic E-state index is 0.0513. The van der Waals surface area contributed by atoms with Crippen LogP contribution >= 0.6 is 11.3 Å². The molecule has 5 nitrogen and oxygen atoms in total. The molecule has 1 N–H and O–H groups in total. The normalized spacial score (nSPS) is 11.0. The van der Waals surface area contributed by atoms with Gasteiger partial charge in [0, 0.05) is 30.4 Å². The van der Waals surface area contributed by atoms with Gasteiger partial charge in [-0.3, -0.25) is 14.7 Å². The third-order valence-electron chi connectivity index (χ3n) is 2.85. The number of carbonyl (C=O) groups is 1. The third kappa shape index (κ3) is 4.40. The van der Waals surface area contributed by atoms with Crippen molar-refractivity contribution in [2.75, 3.05) is 11.9 Å². The number of rotatable bonds is 6. The first-order chi connectivity index (χ1) is 9.65. The molecular weight excluding hydrogens is 272 g/mol. The Bertz CT molecular complexity index is 527. The van der Waals surface area contributed by atoms with Crippen LogP contribution in [0.3, 0.4) is 0 Å². The highest BCUT2D eigenvalue weighted by molar-refractivity contribution is 7.13. The fraction of sp³-hybridized carbons (Fsp3) is 0.357. The van der Waals surface area contributed by atoms with Crippen molar-refractivity contribution < 1.29 is 4.79 Å². The van der Waals surface area contributed by atoms with E-state index in [9.17, 15) is 4.79 Å². The molecule has 0 saturated heterocycles. The van der Waals surface area contributed by atoms with Crippen molar-refractivity contribution in [3.8, 4) is 0 Å². The molecule has 0 spiro atoms. The van der Waals surface area contributed by atoms with E-state index in [4.69, 9.17) is 0 Å². The standard InChI is InChI=1S/C14H18N4OS/c1-11(2)18(9-12-5-3-4-6-15-12)10-13(19)17-14-16-7-8-20-14/h3-8,11H,9-10H2,1-2H3,(H,16,17,19). The van der Waals surface area contributed by atoms with Crippen LogP contribution in [0.25, 0.3) is 0 Å². The number of hydrogen-bond acceptors (Lipinski definition) is 5. The van der Waals surface area contributed by atoms with Gasteiger partial charge in [0.05, 0.1) is 12.2 Å². The Hall–Kier alpha value is -1.79. The topological polar surface area (TPSA) is 58.1 Å². The van der Waals surface area contributed by atoms with E-state index in [2.05, 4.69) is 34.0 Å². The van der Waals surface area contributed by atoms with Gasteiger partial charge in [0.15, 0.2) is 5.13 Å². The Kier molecular flexibility index (Phi) is 5.20. The molecule has 0 aromatic carbocycles. The molecule has 0 unspecified atom stereocenters. The highest BCUT2D eigenvalue weighted by Gasteiger charge is 2.15. The first-order valence-corrected chi connectivity index (χ1v) is 7.36. The maximum absolute atomic E-state index is 12.0. The van der Waals surface area contributed by atoms with Crippen LogP contribution < -0.4 is 5.32 Å². The molecule has 0 saturated carbocycles. The fourth-order valence-corrected chi connectivity index (χ4v) is 2.29. The fourth-order valence-electron chi connectivity index (χ4n) is 1.75. The molecule has 0 fully saturated rings. The summed E-state index contributed by atoms with van der Waals surface area (Å²) >= 11 is 1.42. The van der Waals surface area contributed by atoms with Crippen LogP contribution in [0.2, 0.25) is 0 Å². The number of hydrogen-bond donors (Lipinski definition) is 1. The van der Waals surface area contributed by atoms with Crippen molar-refractivity contribution in [3.63, 3.8) is 0 Å². The van der Waals surface area contributed by atoms with E-state index in [-0.39, 0.29) is 11.9 Å². The number of pyridine rings is 1. The second-order valence-corrected chi connectivity index (χ2v) is 5.60. The van der Waals surface area contributed by atoms with Gasteiger partial charge in [0.1, 0.15) is 0 Å². The Balaban J connectivity index is 1.93. The molecule has 0 atom stereocenters. The minimum Gasteiger partial charge on any atom is -0.301 e. The molecule has 106 valence electrons. The van der Waals surface area contributed by atoms with Gasteiger partial charge in [0.2, 0.25) is 5.91 Å². The lowest BCUT2D eigenvalue weighted by molar-refractivity contribution is -0.117. The predicted octanol–water partition coefficient (Wildman–Crippen LogP) is 2.39. The monoisotopic (exact) mass is 290 g/mol. The van der Waals surface area contributed by atoms with Gasteiger partial charge in [-0.25, -0.2) is 4.98 Å². The molecule has 0 bridgehead atoms. The lowest BCUT2D eigenvalue weighted by Gasteiger charge is -2.25. The van der Waals surface area contributed by atoms with E-state index in [0.717, 1.165) is 5.69 Å². The quantitative estimate of drug-likeness (QED) is 0.887. The first-order valence-electron chi connectivity index (χ1n) is 6.48. The average molecular weight is 290 g/mol. The summed E-state index contributed by atoms with van der Waals surface area (Å²) in [7, 11) is 0. The molecule has 0 aliphatic carbocycles. The third-order valence-corrected chi connectivity index (χ3v) is 3.54. The van der Waals surface area contributed by atoms with Crippen molar-refractivity contribution in [2.45, 2.75) is 26.4 Å². The Morgan fingerprint density at radius 1 is 1.35 bits per heavy atom. The summed E-state index contributed by atoms with van der Waals surface area (Å²) in [6.07, 6.45) is 3.44. The maximum Gasteiger partial charge on any atom is 0.240 e. The Morgan fingerprint density at radius 2 is 2.20 bits per heavy atom. The van der Waals surface area contributed by atoms with Crippen LogP contribution in [0.4, 0.5) is 5.13 Å². The molecule has 0 radical (unpaired) electrons. The summed E-state index contributed by atoms with van der Waals surface area (Å²) in [6.45, 7) is 5.12. The molecule has 2 rings (SSSR count). The van der Waals surface area contributed by atoms with E-state index < -0.39 is 0 Å². The van der Waals surface area contributed by atoms with Gasteiger partial charge in [-0.2, -0.15) is 0 Å². The zero-order chi connectivity index (χ0) is 14.4. The smallest absolute Gasteiger partial charge is 0.240 e. The van der Waals surface area contributed by atoms with Gasteiger partial charge < -0.3 is 5.32 Å². The van der Waals surface area contributed by atoms with Crippen LogP contribution in [0, 0.1) is 0 Å². The summed E-state index contributed by atoms with van der Waals surface area (Å²) in [5.41, 5.74) is 0.961. The number of aromatic nitrogens is 2. The lowest BCUT2D eigenvalue weighted by Crippen LogP contribution is -2.37. The van der Waals surface area contributed by atoms with Crippen molar-refractivity contribution in [1.29, 1.82) is 0 Å². The van der Waals surface area contributed by atoms with E-state index in [1.807, 2.05) is 23.6 Å². The van der Waals surface area contributed by atoms with Gasteiger partial charge in [0.25, 0.3) is 0 Å². The van der Waals surface area contributed by atoms with Crippen molar-refractivity contribution in [3.05, 3.63) is 41.7 Å². The molecule has 2 aromatic heterocycles. The van der Waals surface area contributed by atoms with E-state index in [0.29, 0.717) is 18.2 Å². The number of anilines is 1. The summed E-state index contributed by atoms with van der Waals surface area (Å²) in [5, 5.41) is 5.27. The van der Waals surface area contributed by atoms with Crippen molar-refractivity contribution >= 4 is 22.4 Å². The van der Waals surface area contributed by atoms with E-state index in [1.165, 1.54) is 11.3 Å². The lowest BCUT2D eigenvalue weighted by atomic mass is 10.2. The zero-order valence-electron chi connectivity index (χ0n) is 11.6. The maximum atomic E-state index is 12.0. The van der Waals surface area contributed by atoms with Gasteiger partial charge in [-0.1, -0.05) is 6.07 Å². The Labute approximate surface area is 122 Å². The number of nitrogens with one attached hydrogen (secondary N) is 1. The zero-order valence-corrected chi connectivity index (χ0v) is 12.4. The van der Waals surface area contributed by atoms with Gasteiger partial charge in [-0.15, -0.1) is 11.3 Å². The number of carbonyl (C=O) groups excluding carboxylic acids is 1. The molecule has 20 heavy (non-hydrogen) atoms. The number of amides is 1. The van der Waals surface area contributed by atoms with Crippen molar-refractivity contribution in [1.82, 2.24) is 14.9 Å². The summed E-state index contributed by atoms with van der Waals surface area (Å²) in [4.78, 5) is 22.4. The Morgan fingerprint density at radius 3 is 2.80 bits per heavy atom. The highest BCUT2D eigenvalue weighted by Crippen LogP contribution is 2.11. The average Bonchev–Trinajstić information content (AvgIpc) is 2.92. The van der Waals surface area contributed by atoms with Crippen LogP contribution in [0.1, 0.15) is 19.5 Å². The SMILES string of the molecule is CC(C)N(CC(=O)Nc1nccs1)Cc1ccccn1. The first kappa shape index (κ1) is 14.6. The molecule has 0 aliphatic rings. The molecule has 0 aliphatic heterocycles. The highest BCUT2D eigenvalue weighted by atomic mass is 32.1. The largest absolute Gasteiger partial charge is 0.301 e. The van der Waals surface area contributed by atoms with Gasteiger partial charge in [-0.05, 0) is 26.0 Å². The second kappa shape index (κ2) is 7.12. The van der Waals surface area contributed by atoms with E-state index in [1.54, 1.807) is 12.4 Å². The minimum atomic E-state index is -0.0513. The van der Waals surface area contributed by atoms with Crippen molar-refractivity contribution in [2.24, 2.45) is 0 Å². The molecular formula is C14H18N4OS. The molecule has 2 heterocycles. The molecule has 2 aromatic rings. The summed E-state index contributed by atoms with van der Waals surface area (Å²) in [6, 6.07) is 6.07. The predicted molar refractivity (Wildman–Crippen MR) is 80.5 cm³/mol. The molecule has 1 amide bonds. The van der Waals surface area contributed by atoms with Gasteiger partial charge >= 0.3 is 0 Å².